The lowest BCUT2D eigenvalue weighted by molar-refractivity contribution is -0.125. The summed E-state index contributed by atoms with van der Waals surface area (Å²) < 4.78 is 0. The van der Waals surface area contributed by atoms with Crippen LogP contribution in [0.2, 0.25) is 0 Å². The van der Waals surface area contributed by atoms with E-state index in [4.69, 9.17) is 0 Å². The van der Waals surface area contributed by atoms with Crippen molar-refractivity contribution in [2.24, 2.45) is 11.3 Å². The largest absolute Gasteiger partial charge is 0.355 e. The fourth-order valence-electron chi connectivity index (χ4n) is 1.83. The van der Waals surface area contributed by atoms with E-state index in [0.717, 1.165) is 13.1 Å². The maximum Gasteiger partial charge on any atom is 0.224 e. The number of carbonyl (C=O) groups excluding carboxylic acids is 1. The van der Waals surface area contributed by atoms with Crippen molar-refractivity contribution < 1.29 is 4.79 Å². The van der Waals surface area contributed by atoms with E-state index >= 15 is 0 Å². The Balaban J connectivity index is 2.20. The molecule has 1 fully saturated rings. The number of hydrogen-bond acceptors (Lipinski definition) is 2. The summed E-state index contributed by atoms with van der Waals surface area (Å²) in [4.78, 5) is 11.6. The molecule has 1 amide bonds. The number of hydrogen-bond donors (Lipinski definition) is 2. The Bertz CT molecular complexity index is 199. The normalized spacial score (nSPS) is 21.1. The smallest absolute Gasteiger partial charge is 0.224 e. The molecule has 0 aromatic rings. The molecule has 0 bridgehead atoms. The van der Waals surface area contributed by atoms with Crippen LogP contribution in [0.5, 0.6) is 0 Å². The molecule has 0 aromatic heterocycles. The standard InChI is InChI=1S/C11H22N2O/c1-9(7-12-3)10(14)13-8-11(2)5-4-6-11/h9,12H,4-8H2,1-3H3,(H,13,14). The molecule has 1 aliphatic carbocycles. The lowest BCUT2D eigenvalue weighted by Crippen LogP contribution is -2.43. The van der Waals surface area contributed by atoms with Crippen molar-refractivity contribution in [3.8, 4) is 0 Å². The summed E-state index contributed by atoms with van der Waals surface area (Å²) in [5, 5.41) is 6.04. The molecule has 1 rings (SSSR count). The first-order valence-corrected chi connectivity index (χ1v) is 5.50. The molecular formula is C11H22N2O. The van der Waals surface area contributed by atoms with Crippen LogP contribution in [0, 0.1) is 11.3 Å². The van der Waals surface area contributed by atoms with Crippen LogP contribution in [-0.2, 0) is 4.79 Å². The fourth-order valence-corrected chi connectivity index (χ4v) is 1.83. The van der Waals surface area contributed by atoms with Crippen LogP contribution >= 0.6 is 0 Å². The Morgan fingerprint density at radius 2 is 2.14 bits per heavy atom. The summed E-state index contributed by atoms with van der Waals surface area (Å²) in [7, 11) is 1.87. The Kier molecular flexibility index (Phi) is 3.93. The highest BCUT2D eigenvalue weighted by molar-refractivity contribution is 5.78. The zero-order valence-electron chi connectivity index (χ0n) is 9.52. The highest BCUT2D eigenvalue weighted by Crippen LogP contribution is 2.39. The van der Waals surface area contributed by atoms with E-state index in [1.165, 1.54) is 19.3 Å². The average Bonchev–Trinajstić information content (AvgIpc) is 2.11. The molecule has 1 atom stereocenters. The first-order chi connectivity index (χ1) is 6.57. The van der Waals surface area contributed by atoms with Gasteiger partial charge in [-0.05, 0) is 25.3 Å². The van der Waals surface area contributed by atoms with Gasteiger partial charge in [0.25, 0.3) is 0 Å². The Labute approximate surface area is 86.6 Å². The number of amides is 1. The predicted molar refractivity (Wildman–Crippen MR) is 58.1 cm³/mol. The van der Waals surface area contributed by atoms with Gasteiger partial charge < -0.3 is 10.6 Å². The maximum atomic E-state index is 11.6. The molecule has 0 saturated heterocycles. The van der Waals surface area contributed by atoms with Gasteiger partial charge in [-0.25, -0.2) is 0 Å². The molecule has 3 nitrogen and oxygen atoms in total. The Hall–Kier alpha value is -0.570. The number of carbonyl (C=O) groups is 1. The van der Waals surface area contributed by atoms with Crippen molar-refractivity contribution in [3.05, 3.63) is 0 Å². The summed E-state index contributed by atoms with van der Waals surface area (Å²) in [6, 6.07) is 0. The summed E-state index contributed by atoms with van der Waals surface area (Å²) in [5.41, 5.74) is 0.384. The van der Waals surface area contributed by atoms with E-state index in [1.54, 1.807) is 0 Å². The monoisotopic (exact) mass is 198 g/mol. The Morgan fingerprint density at radius 1 is 1.50 bits per heavy atom. The van der Waals surface area contributed by atoms with Crippen LogP contribution < -0.4 is 10.6 Å². The SMILES string of the molecule is CNCC(C)C(=O)NCC1(C)CCC1. The van der Waals surface area contributed by atoms with Gasteiger partial charge in [0, 0.05) is 19.0 Å². The second kappa shape index (κ2) is 4.78. The van der Waals surface area contributed by atoms with Gasteiger partial charge >= 0.3 is 0 Å². The maximum absolute atomic E-state index is 11.6. The minimum absolute atomic E-state index is 0.0728. The van der Waals surface area contributed by atoms with Crippen LogP contribution in [0.1, 0.15) is 33.1 Å². The molecule has 0 aromatic carbocycles. The van der Waals surface area contributed by atoms with E-state index in [2.05, 4.69) is 17.6 Å². The summed E-state index contributed by atoms with van der Waals surface area (Å²) in [5.74, 6) is 0.246. The molecule has 3 heteroatoms. The third kappa shape index (κ3) is 2.98. The minimum atomic E-state index is 0.0728. The van der Waals surface area contributed by atoms with Crippen molar-refractivity contribution in [1.82, 2.24) is 10.6 Å². The lowest BCUT2D eigenvalue weighted by Gasteiger charge is -2.38. The summed E-state index contributed by atoms with van der Waals surface area (Å²) in [6.07, 6.45) is 3.83. The van der Waals surface area contributed by atoms with Gasteiger partial charge in [-0.1, -0.05) is 20.3 Å². The molecule has 2 N–H and O–H groups in total. The zero-order valence-corrected chi connectivity index (χ0v) is 9.52. The van der Waals surface area contributed by atoms with Gasteiger partial charge in [0.15, 0.2) is 0 Å². The second-order valence-corrected chi connectivity index (χ2v) is 4.84. The number of rotatable bonds is 5. The molecule has 0 radical (unpaired) electrons. The van der Waals surface area contributed by atoms with Gasteiger partial charge in [0.05, 0.1) is 0 Å². The van der Waals surface area contributed by atoms with Gasteiger partial charge in [0.1, 0.15) is 0 Å². The fraction of sp³-hybridized carbons (Fsp3) is 0.909. The molecule has 0 heterocycles. The first kappa shape index (κ1) is 11.5. The van der Waals surface area contributed by atoms with Crippen molar-refractivity contribution in [3.63, 3.8) is 0 Å². The molecular weight excluding hydrogens is 176 g/mol. The zero-order chi connectivity index (χ0) is 10.6. The highest BCUT2D eigenvalue weighted by atomic mass is 16.1. The van der Waals surface area contributed by atoms with E-state index in [0.29, 0.717) is 5.41 Å². The van der Waals surface area contributed by atoms with Crippen molar-refractivity contribution >= 4 is 5.91 Å². The van der Waals surface area contributed by atoms with Gasteiger partial charge in [-0.2, -0.15) is 0 Å². The topological polar surface area (TPSA) is 41.1 Å². The molecule has 1 saturated carbocycles. The van der Waals surface area contributed by atoms with E-state index in [1.807, 2.05) is 14.0 Å². The second-order valence-electron chi connectivity index (χ2n) is 4.84. The lowest BCUT2D eigenvalue weighted by atomic mass is 9.70. The van der Waals surface area contributed by atoms with E-state index in [9.17, 15) is 4.79 Å². The van der Waals surface area contributed by atoms with Crippen LogP contribution in [0.25, 0.3) is 0 Å². The predicted octanol–water partition coefficient (Wildman–Crippen LogP) is 1.15. The molecule has 1 unspecified atom stereocenters. The van der Waals surface area contributed by atoms with Crippen molar-refractivity contribution in [2.75, 3.05) is 20.1 Å². The van der Waals surface area contributed by atoms with Crippen LogP contribution in [0.4, 0.5) is 0 Å². The summed E-state index contributed by atoms with van der Waals surface area (Å²) >= 11 is 0. The average molecular weight is 198 g/mol. The summed E-state index contributed by atoms with van der Waals surface area (Å²) in [6.45, 7) is 5.80. The van der Waals surface area contributed by atoms with Gasteiger partial charge in [-0.15, -0.1) is 0 Å². The molecule has 0 aliphatic heterocycles. The third-order valence-corrected chi connectivity index (χ3v) is 3.21. The quantitative estimate of drug-likeness (QED) is 0.696. The van der Waals surface area contributed by atoms with Crippen LogP contribution in [0.15, 0.2) is 0 Å². The molecule has 14 heavy (non-hydrogen) atoms. The van der Waals surface area contributed by atoms with Crippen molar-refractivity contribution in [2.45, 2.75) is 33.1 Å². The van der Waals surface area contributed by atoms with Crippen LogP contribution in [-0.4, -0.2) is 26.0 Å². The number of nitrogens with one attached hydrogen (secondary N) is 2. The molecule has 1 aliphatic rings. The van der Waals surface area contributed by atoms with Gasteiger partial charge in [-0.3, -0.25) is 4.79 Å². The van der Waals surface area contributed by atoms with E-state index in [-0.39, 0.29) is 11.8 Å². The molecule has 0 spiro atoms. The Morgan fingerprint density at radius 3 is 2.57 bits per heavy atom. The van der Waals surface area contributed by atoms with Crippen molar-refractivity contribution in [1.29, 1.82) is 0 Å². The first-order valence-electron chi connectivity index (χ1n) is 5.50. The van der Waals surface area contributed by atoms with Crippen LogP contribution in [0.3, 0.4) is 0 Å². The minimum Gasteiger partial charge on any atom is -0.355 e. The van der Waals surface area contributed by atoms with Gasteiger partial charge in [0.2, 0.25) is 5.91 Å². The van der Waals surface area contributed by atoms with E-state index < -0.39 is 0 Å². The third-order valence-electron chi connectivity index (χ3n) is 3.21. The molecule has 82 valence electrons. The highest BCUT2D eigenvalue weighted by Gasteiger charge is 2.32.